The molecule has 0 spiro atoms. The van der Waals surface area contributed by atoms with E-state index in [4.69, 9.17) is 10.5 Å². The van der Waals surface area contributed by atoms with Gasteiger partial charge in [0.15, 0.2) is 0 Å². The average molecular weight is 193 g/mol. The molecule has 14 heavy (non-hydrogen) atoms. The molecule has 2 heteroatoms. The molecule has 1 atom stereocenters. The van der Waals surface area contributed by atoms with Crippen LogP contribution in [0.25, 0.3) is 0 Å². The Kier molecular flexibility index (Phi) is 3.96. The molecular formula is C12H19NO. The van der Waals surface area contributed by atoms with Crippen molar-refractivity contribution >= 4 is 0 Å². The van der Waals surface area contributed by atoms with Crippen LogP contribution in [-0.4, -0.2) is 13.2 Å². The number of hydrogen-bond acceptors (Lipinski definition) is 2. The number of nitrogens with two attached hydrogens (primary N) is 1. The molecule has 2 N–H and O–H groups in total. The summed E-state index contributed by atoms with van der Waals surface area (Å²) in [6, 6.07) is 6.42. The lowest BCUT2D eigenvalue weighted by Crippen LogP contribution is -2.21. The van der Waals surface area contributed by atoms with Crippen LogP contribution in [0.3, 0.4) is 0 Å². The van der Waals surface area contributed by atoms with Crippen LogP contribution in [0.5, 0.6) is 5.75 Å². The van der Waals surface area contributed by atoms with Gasteiger partial charge in [-0.2, -0.15) is 0 Å². The predicted molar refractivity (Wildman–Crippen MR) is 59.7 cm³/mol. The molecule has 1 aromatic rings. The zero-order valence-electron chi connectivity index (χ0n) is 9.21. The van der Waals surface area contributed by atoms with E-state index in [1.807, 2.05) is 0 Å². The van der Waals surface area contributed by atoms with Crippen molar-refractivity contribution in [3.05, 3.63) is 29.3 Å². The first-order valence-electron chi connectivity index (χ1n) is 5.07. The average Bonchev–Trinajstić information content (AvgIpc) is 2.18. The molecule has 1 rings (SSSR count). The summed E-state index contributed by atoms with van der Waals surface area (Å²) >= 11 is 0. The normalized spacial score (nSPS) is 12.6. The second-order valence-electron chi connectivity index (χ2n) is 3.64. The van der Waals surface area contributed by atoms with E-state index in [0.29, 0.717) is 0 Å². The van der Waals surface area contributed by atoms with Crippen molar-refractivity contribution in [3.8, 4) is 5.75 Å². The number of methoxy groups -OCH3 is 1. The maximum Gasteiger partial charge on any atom is 0.125 e. The first kappa shape index (κ1) is 11.1. The van der Waals surface area contributed by atoms with Crippen molar-refractivity contribution in [3.63, 3.8) is 0 Å². The molecule has 78 valence electrons. The highest BCUT2D eigenvalue weighted by atomic mass is 16.5. The minimum Gasteiger partial charge on any atom is -0.496 e. The number of benzene rings is 1. The van der Waals surface area contributed by atoms with Gasteiger partial charge in [-0.15, -0.1) is 0 Å². The minimum atomic E-state index is 0.227. The molecule has 0 saturated heterocycles. The molecule has 0 bridgehead atoms. The summed E-state index contributed by atoms with van der Waals surface area (Å²) in [5, 5.41) is 0. The van der Waals surface area contributed by atoms with Crippen molar-refractivity contribution in [2.75, 3.05) is 7.11 Å². The third-order valence-corrected chi connectivity index (χ3v) is 2.50. The standard InChI is InChI=1S/C12H19NO/c1-4-11(13)8-10-7-5-6-9(2)12(10)14-3/h5-7,11H,4,8,13H2,1-3H3. The lowest BCUT2D eigenvalue weighted by atomic mass is 10.0. The van der Waals surface area contributed by atoms with Crippen molar-refractivity contribution in [1.82, 2.24) is 0 Å². The van der Waals surface area contributed by atoms with E-state index in [9.17, 15) is 0 Å². The summed E-state index contributed by atoms with van der Waals surface area (Å²) in [7, 11) is 1.71. The molecule has 0 aliphatic heterocycles. The number of aryl methyl sites for hydroxylation is 1. The second-order valence-corrected chi connectivity index (χ2v) is 3.64. The van der Waals surface area contributed by atoms with Gasteiger partial charge < -0.3 is 10.5 Å². The molecule has 0 heterocycles. The fourth-order valence-corrected chi connectivity index (χ4v) is 1.59. The highest BCUT2D eigenvalue weighted by molar-refractivity contribution is 5.41. The minimum absolute atomic E-state index is 0.227. The van der Waals surface area contributed by atoms with Gasteiger partial charge in [0.2, 0.25) is 0 Å². The first-order chi connectivity index (χ1) is 6.69. The van der Waals surface area contributed by atoms with E-state index in [1.165, 1.54) is 11.1 Å². The van der Waals surface area contributed by atoms with E-state index in [1.54, 1.807) is 7.11 Å². The largest absolute Gasteiger partial charge is 0.496 e. The maximum atomic E-state index is 5.92. The number of para-hydroxylation sites is 1. The molecule has 1 aromatic carbocycles. The Labute approximate surface area is 86.1 Å². The van der Waals surface area contributed by atoms with Crippen LogP contribution in [0.15, 0.2) is 18.2 Å². The molecule has 0 fully saturated rings. The van der Waals surface area contributed by atoms with Gasteiger partial charge in [-0.1, -0.05) is 25.1 Å². The molecule has 0 aromatic heterocycles. The summed E-state index contributed by atoms with van der Waals surface area (Å²) in [6.07, 6.45) is 1.89. The molecule has 0 aliphatic carbocycles. The highest BCUT2D eigenvalue weighted by Gasteiger charge is 2.08. The van der Waals surface area contributed by atoms with Gasteiger partial charge in [0.25, 0.3) is 0 Å². The van der Waals surface area contributed by atoms with Crippen LogP contribution in [-0.2, 0) is 6.42 Å². The van der Waals surface area contributed by atoms with E-state index < -0.39 is 0 Å². The van der Waals surface area contributed by atoms with Gasteiger partial charge in [0, 0.05) is 6.04 Å². The number of ether oxygens (including phenoxy) is 1. The van der Waals surface area contributed by atoms with Crippen molar-refractivity contribution in [2.45, 2.75) is 32.7 Å². The lowest BCUT2D eigenvalue weighted by Gasteiger charge is -2.14. The van der Waals surface area contributed by atoms with Gasteiger partial charge >= 0.3 is 0 Å². The first-order valence-corrected chi connectivity index (χ1v) is 5.07. The third-order valence-electron chi connectivity index (χ3n) is 2.50. The molecule has 0 amide bonds. The Morgan fingerprint density at radius 1 is 1.43 bits per heavy atom. The van der Waals surface area contributed by atoms with Crippen LogP contribution in [0, 0.1) is 6.92 Å². The van der Waals surface area contributed by atoms with E-state index >= 15 is 0 Å². The summed E-state index contributed by atoms with van der Waals surface area (Å²) in [4.78, 5) is 0. The van der Waals surface area contributed by atoms with E-state index in [0.717, 1.165) is 18.6 Å². The Bertz CT molecular complexity index is 296. The molecular weight excluding hydrogens is 174 g/mol. The van der Waals surface area contributed by atoms with Crippen LogP contribution >= 0.6 is 0 Å². The van der Waals surface area contributed by atoms with Crippen molar-refractivity contribution in [1.29, 1.82) is 0 Å². The Hall–Kier alpha value is -1.02. The monoisotopic (exact) mass is 193 g/mol. The van der Waals surface area contributed by atoms with Gasteiger partial charge in [-0.3, -0.25) is 0 Å². The molecule has 0 saturated carbocycles. The van der Waals surface area contributed by atoms with Crippen molar-refractivity contribution in [2.24, 2.45) is 5.73 Å². The summed E-state index contributed by atoms with van der Waals surface area (Å²) in [5.41, 5.74) is 8.31. The Morgan fingerprint density at radius 2 is 2.14 bits per heavy atom. The molecule has 0 aliphatic rings. The zero-order valence-corrected chi connectivity index (χ0v) is 9.21. The van der Waals surface area contributed by atoms with Gasteiger partial charge in [-0.05, 0) is 30.9 Å². The predicted octanol–water partition coefficient (Wildman–Crippen LogP) is 2.28. The van der Waals surface area contributed by atoms with Crippen molar-refractivity contribution < 1.29 is 4.74 Å². The number of hydrogen-bond donors (Lipinski definition) is 1. The zero-order chi connectivity index (χ0) is 10.6. The van der Waals surface area contributed by atoms with Crippen LogP contribution in [0.4, 0.5) is 0 Å². The Morgan fingerprint density at radius 3 is 2.71 bits per heavy atom. The number of rotatable bonds is 4. The SMILES string of the molecule is CCC(N)Cc1cccc(C)c1OC. The van der Waals surface area contributed by atoms with Gasteiger partial charge in [0.1, 0.15) is 5.75 Å². The highest BCUT2D eigenvalue weighted by Crippen LogP contribution is 2.24. The molecule has 2 nitrogen and oxygen atoms in total. The lowest BCUT2D eigenvalue weighted by molar-refractivity contribution is 0.404. The topological polar surface area (TPSA) is 35.2 Å². The van der Waals surface area contributed by atoms with Crippen LogP contribution in [0.2, 0.25) is 0 Å². The summed E-state index contributed by atoms with van der Waals surface area (Å²) in [6.45, 7) is 4.16. The smallest absolute Gasteiger partial charge is 0.125 e. The third kappa shape index (κ3) is 2.48. The van der Waals surface area contributed by atoms with Crippen LogP contribution in [0.1, 0.15) is 24.5 Å². The van der Waals surface area contributed by atoms with Crippen LogP contribution < -0.4 is 10.5 Å². The molecule has 1 unspecified atom stereocenters. The van der Waals surface area contributed by atoms with Gasteiger partial charge in [-0.25, -0.2) is 0 Å². The van der Waals surface area contributed by atoms with E-state index in [-0.39, 0.29) is 6.04 Å². The summed E-state index contributed by atoms with van der Waals surface area (Å²) < 4.78 is 5.37. The van der Waals surface area contributed by atoms with E-state index in [2.05, 4.69) is 32.0 Å². The second kappa shape index (κ2) is 5.01. The quantitative estimate of drug-likeness (QED) is 0.796. The fraction of sp³-hybridized carbons (Fsp3) is 0.500. The molecule has 0 radical (unpaired) electrons. The fourth-order valence-electron chi connectivity index (χ4n) is 1.59. The maximum absolute atomic E-state index is 5.92. The van der Waals surface area contributed by atoms with Gasteiger partial charge in [0.05, 0.1) is 7.11 Å². The summed E-state index contributed by atoms with van der Waals surface area (Å²) in [5.74, 6) is 0.983. The Balaban J connectivity index is 2.90.